The van der Waals surface area contributed by atoms with Crippen molar-refractivity contribution in [3.05, 3.63) is 29.1 Å². The van der Waals surface area contributed by atoms with E-state index in [0.29, 0.717) is 11.2 Å². The summed E-state index contributed by atoms with van der Waals surface area (Å²) >= 11 is 1.38. The van der Waals surface area contributed by atoms with E-state index < -0.39 is 5.82 Å². The van der Waals surface area contributed by atoms with Crippen LogP contribution >= 0.6 is 11.8 Å². The van der Waals surface area contributed by atoms with Crippen molar-refractivity contribution in [3.8, 4) is 0 Å². The number of halogens is 1. The molecule has 0 radical (unpaired) electrons. The molecule has 17 heavy (non-hydrogen) atoms. The van der Waals surface area contributed by atoms with Gasteiger partial charge in [0.1, 0.15) is 5.82 Å². The summed E-state index contributed by atoms with van der Waals surface area (Å²) in [4.78, 5) is 11.2. The third-order valence-corrected chi connectivity index (χ3v) is 2.35. The highest BCUT2D eigenvalue weighted by atomic mass is 32.2. The van der Waals surface area contributed by atoms with Gasteiger partial charge in [0.2, 0.25) is 0 Å². The van der Waals surface area contributed by atoms with Gasteiger partial charge >= 0.3 is 0 Å². The lowest BCUT2D eigenvalue weighted by Gasteiger charge is -2.03. The van der Waals surface area contributed by atoms with Crippen molar-refractivity contribution >= 4 is 18.0 Å². The van der Waals surface area contributed by atoms with Crippen molar-refractivity contribution < 1.29 is 13.9 Å². The van der Waals surface area contributed by atoms with Gasteiger partial charge in [-0.3, -0.25) is 4.79 Å². The summed E-state index contributed by atoms with van der Waals surface area (Å²) in [5, 5.41) is 0. The van der Waals surface area contributed by atoms with Gasteiger partial charge in [0.05, 0.1) is 5.56 Å². The lowest BCUT2D eigenvalue weighted by atomic mass is 10.1. The molecule has 0 heterocycles. The van der Waals surface area contributed by atoms with Crippen molar-refractivity contribution in [1.29, 1.82) is 0 Å². The van der Waals surface area contributed by atoms with Gasteiger partial charge in [-0.05, 0) is 30.9 Å². The van der Waals surface area contributed by atoms with Gasteiger partial charge in [0.25, 0.3) is 0 Å². The molecular formula is C13H21FO2S. The van der Waals surface area contributed by atoms with E-state index in [2.05, 4.69) is 4.74 Å². The van der Waals surface area contributed by atoms with E-state index in [1.165, 1.54) is 17.8 Å². The first-order valence-electron chi connectivity index (χ1n) is 5.30. The molecular weight excluding hydrogens is 239 g/mol. The molecule has 0 aliphatic rings. The summed E-state index contributed by atoms with van der Waals surface area (Å²) in [5.41, 5.74) is 0.996. The van der Waals surface area contributed by atoms with Gasteiger partial charge in [-0.25, -0.2) is 4.39 Å². The number of thioether (sulfide) groups is 1. The van der Waals surface area contributed by atoms with E-state index in [-0.39, 0.29) is 5.56 Å². The number of methoxy groups -OCH3 is 1. The Labute approximate surface area is 108 Å². The fraction of sp³-hybridized carbons (Fsp3) is 0.462. The highest BCUT2D eigenvalue weighted by Gasteiger charge is 2.07. The fourth-order valence-electron chi connectivity index (χ4n) is 1.00. The number of carbonyl (C=O) groups excluding carboxylic acids is 1. The Hall–Kier alpha value is -0.870. The molecule has 4 heteroatoms. The van der Waals surface area contributed by atoms with E-state index >= 15 is 0 Å². The second-order valence-corrected chi connectivity index (χ2v) is 3.74. The zero-order valence-electron chi connectivity index (χ0n) is 11.3. The Kier molecular flexibility index (Phi) is 12.6. The Balaban J connectivity index is 0. The zero-order chi connectivity index (χ0) is 13.8. The maximum atomic E-state index is 13.1. The van der Waals surface area contributed by atoms with Crippen LogP contribution in [0.3, 0.4) is 0 Å². The van der Waals surface area contributed by atoms with Crippen molar-refractivity contribution in [2.75, 3.05) is 20.5 Å². The van der Waals surface area contributed by atoms with Crippen LogP contribution in [0.15, 0.2) is 17.0 Å². The number of carbonyl (C=O) groups is 1. The van der Waals surface area contributed by atoms with E-state index in [4.69, 9.17) is 0 Å². The van der Waals surface area contributed by atoms with E-state index in [0.717, 1.165) is 5.56 Å². The normalized spacial score (nSPS) is 8.41. The van der Waals surface area contributed by atoms with Crippen LogP contribution in [0.1, 0.15) is 29.8 Å². The summed E-state index contributed by atoms with van der Waals surface area (Å²) in [5.74, 6) is -0.436. The smallest absolute Gasteiger partial charge is 0.154 e. The quantitative estimate of drug-likeness (QED) is 0.595. The van der Waals surface area contributed by atoms with Crippen LogP contribution in [0.2, 0.25) is 0 Å². The summed E-state index contributed by atoms with van der Waals surface area (Å²) < 4.78 is 17.3. The molecule has 0 aromatic heterocycles. The molecule has 0 aliphatic heterocycles. The molecule has 1 rings (SSSR count). The number of hydrogen-bond donors (Lipinski definition) is 0. The molecule has 0 N–H and O–H groups in total. The molecule has 0 spiro atoms. The van der Waals surface area contributed by atoms with Crippen LogP contribution in [-0.2, 0) is 4.74 Å². The molecule has 0 unspecified atom stereocenters. The highest BCUT2D eigenvalue weighted by Crippen LogP contribution is 2.22. The third-order valence-electron chi connectivity index (χ3n) is 1.57. The number of ether oxygens (including phenoxy) is 1. The molecule has 0 saturated carbocycles. The maximum absolute atomic E-state index is 13.1. The van der Waals surface area contributed by atoms with Crippen LogP contribution in [0, 0.1) is 12.7 Å². The molecule has 2 nitrogen and oxygen atoms in total. The minimum atomic E-state index is -0.436. The average molecular weight is 260 g/mol. The number of hydrogen-bond acceptors (Lipinski definition) is 3. The largest absolute Gasteiger partial charge is 0.388 e. The topological polar surface area (TPSA) is 26.3 Å². The van der Waals surface area contributed by atoms with Crippen molar-refractivity contribution in [2.24, 2.45) is 0 Å². The molecule has 98 valence electrons. The third kappa shape index (κ3) is 7.13. The Morgan fingerprint density at radius 2 is 1.76 bits per heavy atom. The Morgan fingerprint density at radius 1 is 1.29 bits per heavy atom. The summed E-state index contributed by atoms with van der Waals surface area (Å²) in [6.45, 7) is 5.80. The summed E-state index contributed by atoms with van der Waals surface area (Å²) in [6, 6.07) is 3.17. The minimum absolute atomic E-state index is 0.160. The average Bonchev–Trinajstić information content (AvgIpc) is 2.31. The van der Waals surface area contributed by atoms with Crippen LogP contribution < -0.4 is 0 Å². The molecule has 0 bridgehead atoms. The molecule has 0 atom stereocenters. The molecule has 0 fully saturated rings. The first kappa shape index (κ1) is 18.5. The molecule has 0 amide bonds. The van der Waals surface area contributed by atoms with Crippen molar-refractivity contribution in [2.45, 2.75) is 25.7 Å². The van der Waals surface area contributed by atoms with Gasteiger partial charge in [0.15, 0.2) is 6.29 Å². The van der Waals surface area contributed by atoms with Crippen LogP contribution in [0.25, 0.3) is 0 Å². The molecule has 0 saturated heterocycles. The first-order valence-corrected chi connectivity index (χ1v) is 6.52. The lowest BCUT2D eigenvalue weighted by Crippen LogP contribution is -1.92. The Bertz CT molecular complexity index is 327. The fourth-order valence-corrected chi connectivity index (χ4v) is 1.67. The van der Waals surface area contributed by atoms with Crippen LogP contribution in [0.5, 0.6) is 0 Å². The Morgan fingerprint density at radius 3 is 2.12 bits per heavy atom. The summed E-state index contributed by atoms with van der Waals surface area (Å²) in [6.07, 6.45) is 2.38. The van der Waals surface area contributed by atoms with Gasteiger partial charge in [-0.1, -0.05) is 13.8 Å². The van der Waals surface area contributed by atoms with Crippen molar-refractivity contribution in [1.82, 2.24) is 0 Å². The second kappa shape index (κ2) is 11.6. The number of benzene rings is 1. The van der Waals surface area contributed by atoms with E-state index in [1.807, 2.05) is 20.1 Å². The monoisotopic (exact) mass is 260 g/mol. The SMILES string of the molecule is CC.COC.CSc1cc(C)cc(F)c1C=O. The standard InChI is InChI=1S/C9H9FOS.C2H6O.C2H6/c1-6-3-8(10)7(5-11)9(4-6)12-2;1-3-2;1-2/h3-5H,1-2H3;1-2H3;1-2H3. The number of aryl methyl sites for hydroxylation is 1. The molecule has 1 aromatic rings. The van der Waals surface area contributed by atoms with E-state index in [1.54, 1.807) is 27.2 Å². The van der Waals surface area contributed by atoms with Gasteiger partial charge in [0, 0.05) is 19.1 Å². The lowest BCUT2D eigenvalue weighted by molar-refractivity contribution is 0.111. The van der Waals surface area contributed by atoms with Crippen LogP contribution in [-0.4, -0.2) is 26.8 Å². The summed E-state index contributed by atoms with van der Waals surface area (Å²) in [7, 11) is 3.25. The molecule has 1 aromatic carbocycles. The molecule has 0 aliphatic carbocycles. The first-order chi connectivity index (χ1) is 8.10. The maximum Gasteiger partial charge on any atom is 0.154 e. The van der Waals surface area contributed by atoms with Crippen molar-refractivity contribution in [3.63, 3.8) is 0 Å². The second-order valence-electron chi connectivity index (χ2n) is 2.89. The number of rotatable bonds is 2. The predicted octanol–water partition coefficient (Wildman–Crippen LogP) is 3.96. The minimum Gasteiger partial charge on any atom is -0.388 e. The van der Waals surface area contributed by atoms with Gasteiger partial charge in [-0.2, -0.15) is 0 Å². The highest BCUT2D eigenvalue weighted by molar-refractivity contribution is 7.98. The predicted molar refractivity (Wildman–Crippen MR) is 72.6 cm³/mol. The number of aldehydes is 1. The van der Waals surface area contributed by atoms with Gasteiger partial charge in [-0.15, -0.1) is 11.8 Å². The van der Waals surface area contributed by atoms with E-state index in [9.17, 15) is 9.18 Å². The van der Waals surface area contributed by atoms with Crippen LogP contribution in [0.4, 0.5) is 4.39 Å². The van der Waals surface area contributed by atoms with Gasteiger partial charge < -0.3 is 4.74 Å². The zero-order valence-corrected chi connectivity index (χ0v) is 12.2.